The van der Waals surface area contributed by atoms with Gasteiger partial charge in [-0.3, -0.25) is 9.10 Å². The van der Waals surface area contributed by atoms with Crippen molar-refractivity contribution in [3.63, 3.8) is 0 Å². The van der Waals surface area contributed by atoms with Crippen molar-refractivity contribution in [2.24, 2.45) is 0 Å². The SMILES string of the molecule is Cc1ccc(S(=O)(=O)N(CC(=O)NCCSCc2c(Cl)cccc2Cl)c2ccc(Oc3ccccc3)cc2)cc1. The Morgan fingerprint density at radius 3 is 2.12 bits per heavy atom. The van der Waals surface area contributed by atoms with E-state index in [9.17, 15) is 13.2 Å². The lowest BCUT2D eigenvalue weighted by Gasteiger charge is -2.24. The first-order valence-electron chi connectivity index (χ1n) is 12.4. The Morgan fingerprint density at radius 2 is 1.48 bits per heavy atom. The molecule has 0 unspecified atom stereocenters. The van der Waals surface area contributed by atoms with Crippen LogP contribution in [0.1, 0.15) is 11.1 Å². The number of nitrogens with one attached hydrogen (secondary N) is 1. The summed E-state index contributed by atoms with van der Waals surface area (Å²) in [5.41, 5.74) is 2.12. The topological polar surface area (TPSA) is 75.7 Å². The third kappa shape index (κ3) is 7.95. The fourth-order valence-electron chi connectivity index (χ4n) is 3.75. The molecule has 0 fully saturated rings. The summed E-state index contributed by atoms with van der Waals surface area (Å²) < 4.78 is 34.2. The first kappa shape index (κ1) is 29.8. The monoisotopic (exact) mass is 614 g/mol. The predicted molar refractivity (Wildman–Crippen MR) is 164 cm³/mol. The molecule has 40 heavy (non-hydrogen) atoms. The average molecular weight is 616 g/mol. The minimum atomic E-state index is -4.02. The number of hydrogen-bond donors (Lipinski definition) is 1. The number of hydrogen-bond acceptors (Lipinski definition) is 5. The summed E-state index contributed by atoms with van der Waals surface area (Å²) in [7, 11) is -4.02. The van der Waals surface area contributed by atoms with Gasteiger partial charge in [0.2, 0.25) is 5.91 Å². The quantitative estimate of drug-likeness (QED) is 0.169. The number of nitrogens with zero attached hydrogens (tertiary/aromatic N) is 1. The molecule has 0 aliphatic heterocycles. The van der Waals surface area contributed by atoms with Crippen molar-refractivity contribution in [3.8, 4) is 11.5 Å². The summed E-state index contributed by atoms with van der Waals surface area (Å²) in [6.07, 6.45) is 0. The summed E-state index contributed by atoms with van der Waals surface area (Å²) in [4.78, 5) is 13.0. The highest BCUT2D eigenvalue weighted by Crippen LogP contribution is 2.29. The summed E-state index contributed by atoms with van der Waals surface area (Å²) >= 11 is 14.0. The van der Waals surface area contributed by atoms with Crippen LogP contribution < -0.4 is 14.4 Å². The van der Waals surface area contributed by atoms with Crippen molar-refractivity contribution in [1.82, 2.24) is 5.32 Å². The van der Waals surface area contributed by atoms with Gasteiger partial charge in [-0.15, -0.1) is 0 Å². The second kappa shape index (κ2) is 13.9. The average Bonchev–Trinajstić information content (AvgIpc) is 2.94. The molecule has 4 rings (SSSR count). The number of rotatable bonds is 12. The Morgan fingerprint density at radius 1 is 0.850 bits per heavy atom. The van der Waals surface area contributed by atoms with E-state index in [0.29, 0.717) is 45.3 Å². The Balaban J connectivity index is 1.44. The van der Waals surface area contributed by atoms with Crippen molar-refractivity contribution in [2.75, 3.05) is 23.1 Å². The molecular formula is C30H28Cl2N2O4S2. The molecule has 0 radical (unpaired) electrons. The van der Waals surface area contributed by atoms with Gasteiger partial charge in [-0.05, 0) is 73.2 Å². The Hall–Kier alpha value is -3.17. The smallest absolute Gasteiger partial charge is 0.264 e. The standard InChI is InChI=1S/C30H28Cl2N2O4S2/c1-22-10-16-26(17-11-22)40(36,37)34(23-12-14-25(15-13-23)38-24-6-3-2-4-7-24)20-30(35)33-18-19-39-21-27-28(31)8-5-9-29(27)32/h2-17H,18-21H2,1H3,(H,33,35). The predicted octanol–water partition coefficient (Wildman–Crippen LogP) is 7.34. The van der Waals surface area contributed by atoms with Crippen LogP contribution in [0.5, 0.6) is 11.5 Å². The van der Waals surface area contributed by atoms with Crippen LogP contribution >= 0.6 is 35.0 Å². The zero-order valence-electron chi connectivity index (χ0n) is 21.7. The van der Waals surface area contributed by atoms with Crippen molar-refractivity contribution in [2.45, 2.75) is 17.6 Å². The van der Waals surface area contributed by atoms with E-state index in [2.05, 4.69) is 5.32 Å². The molecule has 10 heteroatoms. The number of para-hydroxylation sites is 1. The summed E-state index contributed by atoms with van der Waals surface area (Å²) in [5, 5.41) is 4.02. The molecular weight excluding hydrogens is 587 g/mol. The van der Waals surface area contributed by atoms with Crippen LogP contribution in [0, 0.1) is 6.92 Å². The zero-order chi connectivity index (χ0) is 28.5. The van der Waals surface area contributed by atoms with E-state index < -0.39 is 15.9 Å². The molecule has 6 nitrogen and oxygen atoms in total. The maximum Gasteiger partial charge on any atom is 0.264 e. The second-order valence-corrected chi connectivity index (χ2v) is 12.6. The highest BCUT2D eigenvalue weighted by Gasteiger charge is 2.27. The molecule has 0 heterocycles. The van der Waals surface area contributed by atoms with Crippen molar-refractivity contribution in [1.29, 1.82) is 0 Å². The molecule has 0 bridgehead atoms. The maximum absolute atomic E-state index is 13.6. The number of carbonyl (C=O) groups excluding carboxylic acids is 1. The van der Waals surface area contributed by atoms with E-state index in [0.717, 1.165) is 15.4 Å². The van der Waals surface area contributed by atoms with Gasteiger partial charge >= 0.3 is 0 Å². The summed E-state index contributed by atoms with van der Waals surface area (Å²) in [6.45, 7) is 1.86. The minimum absolute atomic E-state index is 0.0997. The van der Waals surface area contributed by atoms with E-state index >= 15 is 0 Å². The van der Waals surface area contributed by atoms with E-state index in [1.807, 2.05) is 37.3 Å². The fraction of sp³-hybridized carbons (Fsp3) is 0.167. The summed E-state index contributed by atoms with van der Waals surface area (Å²) in [5.74, 6) is 1.98. The Labute approximate surface area is 249 Å². The maximum atomic E-state index is 13.6. The van der Waals surface area contributed by atoms with Gasteiger partial charge in [-0.25, -0.2) is 8.42 Å². The molecule has 1 amide bonds. The fourth-order valence-corrected chi connectivity index (χ4v) is 6.77. The van der Waals surface area contributed by atoms with Crippen LogP contribution in [-0.2, 0) is 20.6 Å². The zero-order valence-corrected chi connectivity index (χ0v) is 24.9. The molecule has 0 saturated carbocycles. The number of halogens is 2. The second-order valence-electron chi connectivity index (χ2n) is 8.84. The molecule has 0 atom stereocenters. The van der Waals surface area contributed by atoms with E-state index in [1.165, 1.54) is 0 Å². The van der Waals surface area contributed by atoms with Crippen molar-refractivity contribution >= 4 is 56.6 Å². The van der Waals surface area contributed by atoms with Crippen molar-refractivity contribution in [3.05, 3.63) is 118 Å². The largest absolute Gasteiger partial charge is 0.457 e. The first-order valence-corrected chi connectivity index (χ1v) is 15.8. The number of anilines is 1. The first-order chi connectivity index (χ1) is 19.2. The molecule has 0 aliphatic carbocycles. The summed E-state index contributed by atoms with van der Waals surface area (Å²) in [6, 6.07) is 27.8. The van der Waals surface area contributed by atoms with Gasteiger partial charge in [-0.2, -0.15) is 11.8 Å². The molecule has 1 N–H and O–H groups in total. The third-order valence-electron chi connectivity index (χ3n) is 5.88. The lowest BCUT2D eigenvalue weighted by molar-refractivity contribution is -0.119. The molecule has 0 spiro atoms. The number of benzene rings is 4. The van der Waals surface area contributed by atoms with Gasteiger partial charge in [0.1, 0.15) is 18.0 Å². The van der Waals surface area contributed by atoms with E-state index in [4.69, 9.17) is 27.9 Å². The molecule has 0 saturated heterocycles. The molecule has 0 aromatic heterocycles. The van der Waals surface area contributed by atoms with Crippen molar-refractivity contribution < 1.29 is 17.9 Å². The van der Waals surface area contributed by atoms with Gasteiger partial charge in [0, 0.05) is 28.1 Å². The minimum Gasteiger partial charge on any atom is -0.457 e. The third-order valence-corrected chi connectivity index (χ3v) is 9.36. The number of thioether (sulfide) groups is 1. The van der Waals surface area contributed by atoms with Gasteiger partial charge in [0.25, 0.3) is 10.0 Å². The molecule has 0 aliphatic rings. The van der Waals surface area contributed by atoms with E-state index in [1.54, 1.807) is 78.5 Å². The van der Waals surface area contributed by atoms with E-state index in [-0.39, 0.29) is 11.4 Å². The van der Waals surface area contributed by atoms with Gasteiger partial charge in [0.15, 0.2) is 0 Å². The number of ether oxygens (including phenoxy) is 1. The number of amides is 1. The van der Waals surface area contributed by atoms with Crippen LogP contribution in [0.25, 0.3) is 0 Å². The Kier molecular flexibility index (Phi) is 10.4. The lowest BCUT2D eigenvalue weighted by atomic mass is 10.2. The van der Waals surface area contributed by atoms with Crippen LogP contribution in [0.2, 0.25) is 10.0 Å². The molecule has 4 aromatic rings. The highest BCUT2D eigenvalue weighted by molar-refractivity contribution is 7.98. The van der Waals surface area contributed by atoms with Crippen LogP contribution in [0.3, 0.4) is 0 Å². The van der Waals surface area contributed by atoms with Crippen LogP contribution in [0.4, 0.5) is 5.69 Å². The van der Waals surface area contributed by atoms with Gasteiger partial charge < -0.3 is 10.1 Å². The highest BCUT2D eigenvalue weighted by atomic mass is 35.5. The van der Waals surface area contributed by atoms with Crippen LogP contribution in [0.15, 0.2) is 102 Å². The Bertz CT molecular complexity index is 1510. The van der Waals surface area contributed by atoms with Gasteiger partial charge in [-0.1, -0.05) is 65.2 Å². The number of aryl methyl sites for hydroxylation is 1. The molecule has 208 valence electrons. The normalized spacial score (nSPS) is 11.2. The van der Waals surface area contributed by atoms with Gasteiger partial charge in [0.05, 0.1) is 10.6 Å². The number of sulfonamides is 1. The number of carbonyl (C=O) groups is 1. The lowest BCUT2D eigenvalue weighted by Crippen LogP contribution is -2.41. The van der Waals surface area contributed by atoms with Crippen LogP contribution in [-0.4, -0.2) is 33.2 Å². The molecule has 4 aromatic carbocycles.